The number of fused-ring (bicyclic) bond motifs is 1. The minimum atomic E-state index is -0.459. The van der Waals surface area contributed by atoms with Crippen molar-refractivity contribution in [2.75, 3.05) is 13.7 Å². The summed E-state index contributed by atoms with van der Waals surface area (Å²) in [6, 6.07) is 18.4. The van der Waals surface area contributed by atoms with E-state index in [1.54, 1.807) is 29.0 Å². The summed E-state index contributed by atoms with van der Waals surface area (Å²) in [6.45, 7) is 0.254. The number of rotatable bonds is 8. The largest absolute Gasteiger partial charge is 0.497 e. The first-order chi connectivity index (χ1) is 17.5. The van der Waals surface area contributed by atoms with E-state index in [1.807, 2.05) is 54.6 Å². The van der Waals surface area contributed by atoms with Crippen molar-refractivity contribution in [3.8, 4) is 5.75 Å². The maximum Gasteiger partial charge on any atom is 0.255 e. The van der Waals surface area contributed by atoms with E-state index in [2.05, 4.69) is 31.2 Å². The predicted octanol–water partition coefficient (Wildman–Crippen LogP) is 5.24. The van der Waals surface area contributed by atoms with Gasteiger partial charge in [-0.1, -0.05) is 35.5 Å². The van der Waals surface area contributed by atoms with Gasteiger partial charge in [-0.25, -0.2) is 9.07 Å². The van der Waals surface area contributed by atoms with Crippen LogP contribution in [0.15, 0.2) is 83.4 Å². The summed E-state index contributed by atoms with van der Waals surface area (Å²) < 4.78 is 23.0. The highest BCUT2D eigenvalue weighted by atomic mass is 79.9. The highest BCUT2D eigenvalue weighted by molar-refractivity contribution is 9.10. The van der Waals surface area contributed by atoms with Crippen molar-refractivity contribution in [2.24, 2.45) is 0 Å². The van der Waals surface area contributed by atoms with Gasteiger partial charge in [0.1, 0.15) is 11.6 Å². The van der Waals surface area contributed by atoms with Gasteiger partial charge >= 0.3 is 0 Å². The molecule has 5 rings (SSSR count). The van der Waals surface area contributed by atoms with E-state index in [-0.39, 0.29) is 18.5 Å². The van der Waals surface area contributed by atoms with Crippen LogP contribution in [0.1, 0.15) is 38.9 Å². The maximum atomic E-state index is 15.4. The normalized spacial score (nSPS) is 15.3. The van der Waals surface area contributed by atoms with Gasteiger partial charge in [0.25, 0.3) is 5.91 Å². The SMILES string of the molecule is COc1ccc(Cn2nncc2/C=C(\F)CN2C(=O)c3ccccc3C2Cc2ncccc2Br)cc1. The number of ether oxygens (including phenoxy) is 1. The number of hydrogen-bond donors (Lipinski definition) is 0. The van der Waals surface area contributed by atoms with Crippen molar-refractivity contribution in [3.05, 3.63) is 111 Å². The Morgan fingerprint density at radius 3 is 2.72 bits per heavy atom. The Bertz CT molecular complexity index is 1420. The standard InChI is InChI=1S/C27H23BrFN5O2/c1-36-21-10-8-18(9-11-21)16-34-20(15-31-32-34)13-19(29)17-33-26(14-25-24(28)7-4-12-30-25)22-5-2-3-6-23(22)27(33)35/h2-13,15,26H,14,16-17H2,1H3/b19-13-. The number of nitrogens with zero attached hydrogens (tertiary/aromatic N) is 5. The van der Waals surface area contributed by atoms with E-state index in [0.717, 1.165) is 27.0 Å². The van der Waals surface area contributed by atoms with E-state index < -0.39 is 5.83 Å². The van der Waals surface area contributed by atoms with Gasteiger partial charge < -0.3 is 9.64 Å². The van der Waals surface area contributed by atoms with Crippen LogP contribution >= 0.6 is 15.9 Å². The third-order valence-corrected chi connectivity index (χ3v) is 6.90. The fourth-order valence-electron chi connectivity index (χ4n) is 4.37. The van der Waals surface area contributed by atoms with Crippen molar-refractivity contribution in [2.45, 2.75) is 19.0 Å². The van der Waals surface area contributed by atoms with E-state index in [9.17, 15) is 4.79 Å². The number of halogens is 2. The van der Waals surface area contributed by atoms with Crippen LogP contribution in [-0.2, 0) is 13.0 Å². The molecule has 0 saturated carbocycles. The molecule has 0 radical (unpaired) electrons. The summed E-state index contributed by atoms with van der Waals surface area (Å²) in [5.41, 5.74) is 3.76. The van der Waals surface area contributed by atoms with Crippen molar-refractivity contribution in [3.63, 3.8) is 0 Å². The summed E-state index contributed by atoms with van der Waals surface area (Å²) in [7, 11) is 1.61. The van der Waals surface area contributed by atoms with Gasteiger partial charge in [-0.05, 0) is 63.5 Å². The third kappa shape index (κ3) is 4.92. The van der Waals surface area contributed by atoms with Gasteiger partial charge in [0.15, 0.2) is 0 Å². The zero-order valence-electron chi connectivity index (χ0n) is 19.5. The summed E-state index contributed by atoms with van der Waals surface area (Å²) >= 11 is 3.54. The zero-order chi connectivity index (χ0) is 25.1. The smallest absolute Gasteiger partial charge is 0.255 e. The molecule has 0 bridgehead atoms. The Morgan fingerprint density at radius 1 is 1.14 bits per heavy atom. The lowest BCUT2D eigenvalue weighted by atomic mass is 10.0. The lowest BCUT2D eigenvalue weighted by molar-refractivity contribution is 0.0732. The van der Waals surface area contributed by atoms with Crippen LogP contribution in [-0.4, -0.2) is 44.4 Å². The number of benzene rings is 2. The Labute approximate surface area is 216 Å². The lowest BCUT2D eigenvalue weighted by Gasteiger charge is -2.25. The lowest BCUT2D eigenvalue weighted by Crippen LogP contribution is -2.31. The minimum Gasteiger partial charge on any atom is -0.497 e. The van der Waals surface area contributed by atoms with Crippen molar-refractivity contribution in [1.29, 1.82) is 0 Å². The molecule has 4 aromatic rings. The Hall–Kier alpha value is -3.85. The zero-order valence-corrected chi connectivity index (χ0v) is 21.1. The quantitative estimate of drug-likeness (QED) is 0.301. The molecule has 3 heterocycles. The molecule has 1 unspecified atom stereocenters. The molecule has 0 N–H and O–H groups in total. The molecule has 9 heteroatoms. The first-order valence-corrected chi connectivity index (χ1v) is 12.2. The van der Waals surface area contributed by atoms with E-state index in [1.165, 1.54) is 12.3 Å². The summed E-state index contributed by atoms with van der Waals surface area (Å²) in [5.74, 6) is 0.0997. The van der Waals surface area contributed by atoms with Crippen LogP contribution in [0.3, 0.4) is 0 Å². The predicted molar refractivity (Wildman–Crippen MR) is 137 cm³/mol. The van der Waals surface area contributed by atoms with E-state index in [4.69, 9.17) is 4.74 Å². The first kappa shape index (κ1) is 23.9. The first-order valence-electron chi connectivity index (χ1n) is 11.4. The van der Waals surface area contributed by atoms with Gasteiger partial charge in [0, 0.05) is 22.7 Å². The van der Waals surface area contributed by atoms with Crippen molar-refractivity contribution >= 4 is 27.9 Å². The second-order valence-electron chi connectivity index (χ2n) is 8.43. The van der Waals surface area contributed by atoms with Crippen LogP contribution in [0, 0.1) is 0 Å². The van der Waals surface area contributed by atoms with Crippen LogP contribution in [0.4, 0.5) is 4.39 Å². The molecule has 1 amide bonds. The minimum absolute atomic E-state index is 0.170. The molecular weight excluding hydrogens is 525 g/mol. The van der Waals surface area contributed by atoms with Gasteiger partial charge in [-0.3, -0.25) is 9.78 Å². The summed E-state index contributed by atoms with van der Waals surface area (Å²) in [5, 5.41) is 8.04. The van der Waals surface area contributed by atoms with Crippen LogP contribution < -0.4 is 4.74 Å². The molecule has 1 aliphatic heterocycles. The molecule has 0 aliphatic carbocycles. The molecule has 0 saturated heterocycles. The molecule has 0 spiro atoms. The molecule has 7 nitrogen and oxygen atoms in total. The third-order valence-electron chi connectivity index (χ3n) is 6.17. The Kier molecular flexibility index (Phi) is 6.90. The number of carbonyl (C=O) groups is 1. The molecule has 0 fully saturated rings. The molecule has 1 aliphatic rings. The molecule has 2 aromatic heterocycles. The highest BCUT2D eigenvalue weighted by Gasteiger charge is 2.37. The Balaban J connectivity index is 1.38. The molecule has 36 heavy (non-hydrogen) atoms. The van der Waals surface area contributed by atoms with Crippen LogP contribution in [0.25, 0.3) is 6.08 Å². The van der Waals surface area contributed by atoms with E-state index in [0.29, 0.717) is 24.2 Å². The fraction of sp³-hybridized carbons (Fsp3) is 0.185. The Morgan fingerprint density at radius 2 is 1.94 bits per heavy atom. The molecule has 1 atom stereocenters. The number of carbonyl (C=O) groups excluding carboxylic acids is 1. The highest BCUT2D eigenvalue weighted by Crippen LogP contribution is 2.37. The number of methoxy groups -OCH3 is 1. The maximum absolute atomic E-state index is 15.4. The fourth-order valence-corrected chi connectivity index (χ4v) is 4.79. The van der Waals surface area contributed by atoms with Gasteiger partial charge in [-0.2, -0.15) is 0 Å². The van der Waals surface area contributed by atoms with E-state index >= 15 is 4.39 Å². The van der Waals surface area contributed by atoms with Gasteiger partial charge in [0.2, 0.25) is 0 Å². The monoisotopic (exact) mass is 547 g/mol. The van der Waals surface area contributed by atoms with Gasteiger partial charge in [0.05, 0.1) is 43.8 Å². The number of aromatic nitrogens is 4. The molecular formula is C27H23BrFN5O2. The second kappa shape index (κ2) is 10.4. The summed E-state index contributed by atoms with van der Waals surface area (Å²) in [6.07, 6.45) is 5.07. The summed E-state index contributed by atoms with van der Waals surface area (Å²) in [4.78, 5) is 19.3. The number of amides is 1. The second-order valence-corrected chi connectivity index (χ2v) is 9.28. The average molecular weight is 548 g/mol. The molecule has 2 aromatic carbocycles. The number of hydrogen-bond acceptors (Lipinski definition) is 5. The van der Waals surface area contributed by atoms with Crippen LogP contribution in [0.5, 0.6) is 5.75 Å². The van der Waals surface area contributed by atoms with Crippen LogP contribution in [0.2, 0.25) is 0 Å². The van der Waals surface area contributed by atoms with Crippen molar-refractivity contribution < 1.29 is 13.9 Å². The number of pyridine rings is 1. The topological polar surface area (TPSA) is 73.1 Å². The molecule has 182 valence electrons. The van der Waals surface area contributed by atoms with Gasteiger partial charge in [-0.15, -0.1) is 5.10 Å². The van der Waals surface area contributed by atoms with Crippen molar-refractivity contribution in [1.82, 2.24) is 24.9 Å². The average Bonchev–Trinajstić information content (AvgIpc) is 3.43.